The van der Waals surface area contributed by atoms with Crippen molar-refractivity contribution in [1.82, 2.24) is 0 Å². The normalized spacial score (nSPS) is 13.6. The lowest BCUT2D eigenvalue weighted by atomic mass is 10.2. The van der Waals surface area contributed by atoms with Crippen molar-refractivity contribution in [2.24, 2.45) is 0 Å². The second kappa shape index (κ2) is 11.2. The molecular formula is C18H36O2Si. The van der Waals surface area contributed by atoms with Crippen LogP contribution in [-0.4, -0.2) is 26.6 Å². The molecule has 0 aromatic carbocycles. The van der Waals surface area contributed by atoms with Gasteiger partial charge in [-0.05, 0) is 56.7 Å². The Morgan fingerprint density at radius 2 is 1.43 bits per heavy atom. The fourth-order valence-corrected chi connectivity index (χ4v) is 2.72. The van der Waals surface area contributed by atoms with Crippen LogP contribution < -0.4 is 0 Å². The van der Waals surface area contributed by atoms with E-state index in [1.807, 2.05) is 0 Å². The fourth-order valence-electron chi connectivity index (χ4n) is 1.63. The summed E-state index contributed by atoms with van der Waals surface area (Å²) in [6.45, 7) is 12.7. The number of allylic oxidation sites excluding steroid dienone is 4. The molecule has 21 heavy (non-hydrogen) atoms. The predicted octanol–water partition coefficient (Wildman–Crippen LogP) is 5.45. The van der Waals surface area contributed by atoms with Gasteiger partial charge >= 0.3 is 0 Å². The predicted molar refractivity (Wildman–Crippen MR) is 96.2 cm³/mol. The molecule has 0 amide bonds. The monoisotopic (exact) mass is 312 g/mol. The van der Waals surface area contributed by atoms with Gasteiger partial charge in [-0.1, -0.05) is 45.1 Å². The maximum Gasteiger partial charge on any atom is 0.191 e. The van der Waals surface area contributed by atoms with E-state index in [1.165, 1.54) is 6.42 Å². The van der Waals surface area contributed by atoms with E-state index in [9.17, 15) is 0 Å². The van der Waals surface area contributed by atoms with Gasteiger partial charge in [0.15, 0.2) is 8.32 Å². The number of aliphatic hydroxyl groups excluding tert-OH is 1. The van der Waals surface area contributed by atoms with Gasteiger partial charge in [0.1, 0.15) is 0 Å². The Bertz CT molecular complexity index is 301. The van der Waals surface area contributed by atoms with E-state index in [2.05, 4.69) is 58.2 Å². The van der Waals surface area contributed by atoms with Crippen molar-refractivity contribution in [2.45, 2.75) is 77.4 Å². The van der Waals surface area contributed by atoms with E-state index >= 15 is 0 Å². The Balaban J connectivity index is 3.56. The number of hydrogen-bond acceptors (Lipinski definition) is 2. The van der Waals surface area contributed by atoms with Crippen LogP contribution in [0.1, 0.15) is 59.3 Å². The first-order chi connectivity index (χ1) is 9.81. The van der Waals surface area contributed by atoms with E-state index in [0.29, 0.717) is 11.6 Å². The first-order valence-corrected chi connectivity index (χ1v) is 11.3. The molecule has 0 aliphatic carbocycles. The average molecular weight is 313 g/mol. The zero-order valence-electron chi connectivity index (χ0n) is 14.8. The van der Waals surface area contributed by atoms with Crippen molar-refractivity contribution >= 4 is 8.32 Å². The van der Waals surface area contributed by atoms with Crippen LogP contribution in [0.5, 0.6) is 0 Å². The van der Waals surface area contributed by atoms with Crippen molar-refractivity contribution in [1.29, 1.82) is 0 Å². The highest BCUT2D eigenvalue weighted by Crippen LogP contribution is 2.36. The Morgan fingerprint density at radius 3 is 1.90 bits per heavy atom. The van der Waals surface area contributed by atoms with Crippen LogP contribution in [0.4, 0.5) is 0 Å². The molecule has 124 valence electrons. The van der Waals surface area contributed by atoms with Gasteiger partial charge in [-0.15, -0.1) is 0 Å². The zero-order chi connectivity index (χ0) is 16.2. The lowest BCUT2D eigenvalue weighted by Gasteiger charge is -2.36. The number of rotatable bonds is 11. The van der Waals surface area contributed by atoms with Crippen molar-refractivity contribution < 1.29 is 9.53 Å². The van der Waals surface area contributed by atoms with Crippen LogP contribution in [0.3, 0.4) is 0 Å². The van der Waals surface area contributed by atoms with Crippen LogP contribution in [-0.2, 0) is 4.43 Å². The van der Waals surface area contributed by atoms with Gasteiger partial charge in [0.2, 0.25) is 0 Å². The summed E-state index contributed by atoms with van der Waals surface area (Å²) < 4.78 is 6.16. The van der Waals surface area contributed by atoms with Gasteiger partial charge in [-0.2, -0.15) is 0 Å². The van der Waals surface area contributed by atoms with Crippen molar-refractivity contribution in [3.8, 4) is 0 Å². The lowest BCUT2D eigenvalue weighted by molar-refractivity contribution is 0.279. The van der Waals surface area contributed by atoms with Gasteiger partial charge in [0.25, 0.3) is 0 Å². The van der Waals surface area contributed by atoms with Gasteiger partial charge < -0.3 is 9.53 Å². The smallest absolute Gasteiger partial charge is 0.191 e. The first kappa shape index (κ1) is 20.6. The minimum absolute atomic E-state index is 0.306. The van der Waals surface area contributed by atoms with E-state index < -0.39 is 8.32 Å². The summed E-state index contributed by atoms with van der Waals surface area (Å²) in [6.07, 6.45) is 15.2. The standard InChI is InChI=1S/C18H36O2Si/c1-18(2,3)21(4,5)20-17-15-13-11-9-7-6-8-10-12-14-16-19/h6-9,19H,10-17H2,1-5H3/b8-6+,9-7+. The Labute approximate surface area is 133 Å². The molecule has 1 N–H and O–H groups in total. The maximum atomic E-state index is 8.66. The molecular weight excluding hydrogens is 276 g/mol. The summed E-state index contributed by atoms with van der Waals surface area (Å²) in [7, 11) is -1.55. The van der Waals surface area contributed by atoms with Crippen LogP contribution in [0.15, 0.2) is 24.3 Å². The average Bonchev–Trinajstić information content (AvgIpc) is 2.38. The van der Waals surface area contributed by atoms with E-state index in [4.69, 9.17) is 9.53 Å². The third-order valence-corrected chi connectivity index (χ3v) is 8.73. The number of unbranched alkanes of at least 4 members (excludes halogenated alkanes) is 4. The molecule has 0 spiro atoms. The van der Waals surface area contributed by atoms with Gasteiger partial charge in [0, 0.05) is 13.2 Å². The summed E-state index contributed by atoms with van der Waals surface area (Å²) >= 11 is 0. The summed E-state index contributed by atoms with van der Waals surface area (Å²) in [4.78, 5) is 0. The third-order valence-electron chi connectivity index (χ3n) is 4.20. The van der Waals surface area contributed by atoms with Crippen LogP contribution >= 0.6 is 0 Å². The molecule has 0 atom stereocenters. The molecule has 0 fully saturated rings. The Hall–Kier alpha value is -0.383. The summed E-state index contributed by atoms with van der Waals surface area (Å²) in [5, 5.41) is 8.97. The minimum Gasteiger partial charge on any atom is -0.417 e. The molecule has 0 heterocycles. The summed E-state index contributed by atoms with van der Waals surface area (Å²) in [6, 6.07) is 0. The highest BCUT2D eigenvalue weighted by Gasteiger charge is 2.36. The highest BCUT2D eigenvalue weighted by molar-refractivity contribution is 6.74. The molecule has 2 nitrogen and oxygen atoms in total. The SMILES string of the molecule is CC(C)(C)[Si](C)(C)OCCCC/C=C/C=C/CCCCO. The molecule has 0 aliphatic rings. The van der Waals surface area contributed by atoms with Crippen molar-refractivity contribution in [3.05, 3.63) is 24.3 Å². The van der Waals surface area contributed by atoms with Gasteiger partial charge in [-0.25, -0.2) is 0 Å². The van der Waals surface area contributed by atoms with Gasteiger partial charge in [-0.3, -0.25) is 0 Å². The van der Waals surface area contributed by atoms with Crippen molar-refractivity contribution in [2.75, 3.05) is 13.2 Å². The lowest BCUT2D eigenvalue weighted by Crippen LogP contribution is -2.40. The second-order valence-corrected chi connectivity index (χ2v) is 12.0. The van der Waals surface area contributed by atoms with Crippen LogP contribution in [0.2, 0.25) is 18.1 Å². The molecule has 0 radical (unpaired) electrons. The molecule has 0 aliphatic heterocycles. The highest BCUT2D eigenvalue weighted by atomic mass is 28.4. The van der Waals surface area contributed by atoms with Crippen molar-refractivity contribution in [3.63, 3.8) is 0 Å². The molecule has 0 saturated heterocycles. The topological polar surface area (TPSA) is 29.5 Å². The third kappa shape index (κ3) is 10.9. The van der Waals surface area contributed by atoms with E-state index in [-0.39, 0.29) is 0 Å². The summed E-state index contributed by atoms with van der Waals surface area (Å²) in [5.74, 6) is 0. The van der Waals surface area contributed by atoms with Crippen LogP contribution in [0, 0.1) is 0 Å². The van der Waals surface area contributed by atoms with E-state index in [1.54, 1.807) is 0 Å². The molecule has 0 unspecified atom stereocenters. The fraction of sp³-hybridized carbons (Fsp3) is 0.778. The molecule has 0 aromatic heterocycles. The first-order valence-electron chi connectivity index (χ1n) is 8.38. The number of aliphatic hydroxyl groups is 1. The summed E-state index contributed by atoms with van der Waals surface area (Å²) in [5.41, 5.74) is 0. The second-order valence-electron chi connectivity index (χ2n) is 7.18. The molecule has 0 bridgehead atoms. The minimum atomic E-state index is -1.55. The van der Waals surface area contributed by atoms with Gasteiger partial charge in [0.05, 0.1) is 0 Å². The molecule has 0 saturated carbocycles. The molecule has 0 aromatic rings. The number of hydrogen-bond donors (Lipinski definition) is 1. The Kier molecular flexibility index (Phi) is 11.0. The quantitative estimate of drug-likeness (QED) is 0.312. The Morgan fingerprint density at radius 1 is 0.905 bits per heavy atom. The van der Waals surface area contributed by atoms with E-state index in [0.717, 1.165) is 38.7 Å². The molecule has 0 rings (SSSR count). The molecule has 3 heteroatoms. The van der Waals surface area contributed by atoms with Crippen LogP contribution in [0.25, 0.3) is 0 Å². The maximum absolute atomic E-state index is 8.66. The zero-order valence-corrected chi connectivity index (χ0v) is 15.8. The largest absolute Gasteiger partial charge is 0.417 e.